The van der Waals surface area contributed by atoms with Gasteiger partial charge in [-0.25, -0.2) is 9.97 Å². The molecule has 0 aliphatic heterocycles. The third-order valence-corrected chi connectivity index (χ3v) is 4.93. The fourth-order valence-corrected chi connectivity index (χ4v) is 3.39. The van der Waals surface area contributed by atoms with E-state index in [2.05, 4.69) is 27.5 Å². The van der Waals surface area contributed by atoms with Crippen LogP contribution in [-0.2, 0) is 7.05 Å². The third kappa shape index (κ3) is 3.37. The second kappa shape index (κ2) is 7.36. The van der Waals surface area contributed by atoms with Gasteiger partial charge in [0.05, 0.1) is 30.9 Å². The average molecular weight is 396 g/mol. The smallest absolute Gasteiger partial charge is 0.137 e. The number of nitrogens with one attached hydrogen (secondary N) is 1. The average Bonchev–Trinajstić information content (AvgIpc) is 3.40. The Morgan fingerprint density at radius 1 is 0.967 bits per heavy atom. The van der Waals surface area contributed by atoms with E-state index in [1.54, 1.807) is 11.8 Å². The van der Waals surface area contributed by atoms with E-state index in [9.17, 15) is 0 Å². The Balaban J connectivity index is 1.45. The Morgan fingerprint density at radius 3 is 2.60 bits per heavy atom. The molecule has 148 valence electrons. The second-order valence-electron chi connectivity index (χ2n) is 6.95. The maximum atomic E-state index is 5.21. The Kier molecular flexibility index (Phi) is 4.40. The van der Waals surface area contributed by atoms with Gasteiger partial charge in [-0.05, 0) is 54.1 Å². The first-order valence-electron chi connectivity index (χ1n) is 9.54. The van der Waals surface area contributed by atoms with Crippen molar-refractivity contribution in [3.63, 3.8) is 0 Å². The van der Waals surface area contributed by atoms with Crippen molar-refractivity contribution in [3.8, 4) is 28.3 Å². The van der Waals surface area contributed by atoms with Gasteiger partial charge in [0.15, 0.2) is 0 Å². The molecule has 0 saturated heterocycles. The number of nitrogens with zero attached hydrogens (tertiary/aromatic N) is 5. The van der Waals surface area contributed by atoms with E-state index in [-0.39, 0.29) is 0 Å². The molecule has 1 N–H and O–H groups in total. The van der Waals surface area contributed by atoms with Crippen LogP contribution in [0.25, 0.3) is 28.2 Å². The minimum Gasteiger partial charge on any atom is -0.497 e. The topological polar surface area (TPSA) is 69.3 Å². The standard InChI is InChI=1S/C23H20N6O/c1-28-15-17(13-25-28)16-10-11-29-21(14-24-23(29)12-16)20-4-3-5-22(27-20)26-18-6-8-19(30-2)9-7-18/h3-15H,1-2H3,(H,26,27). The van der Waals surface area contributed by atoms with Crippen LogP contribution in [0, 0.1) is 0 Å². The molecule has 0 aliphatic carbocycles. The largest absolute Gasteiger partial charge is 0.497 e. The van der Waals surface area contributed by atoms with E-state index in [0.29, 0.717) is 0 Å². The van der Waals surface area contributed by atoms with Crippen molar-refractivity contribution >= 4 is 17.2 Å². The summed E-state index contributed by atoms with van der Waals surface area (Å²) in [5.74, 6) is 1.58. The molecule has 30 heavy (non-hydrogen) atoms. The zero-order valence-electron chi connectivity index (χ0n) is 16.6. The number of ether oxygens (including phenoxy) is 1. The maximum absolute atomic E-state index is 5.21. The Morgan fingerprint density at radius 2 is 1.83 bits per heavy atom. The fourth-order valence-electron chi connectivity index (χ4n) is 3.39. The number of anilines is 2. The number of methoxy groups -OCH3 is 1. The van der Waals surface area contributed by atoms with Crippen molar-refractivity contribution in [2.75, 3.05) is 12.4 Å². The third-order valence-electron chi connectivity index (χ3n) is 4.93. The number of hydrogen-bond donors (Lipinski definition) is 1. The summed E-state index contributed by atoms with van der Waals surface area (Å²) in [4.78, 5) is 9.35. The molecule has 0 saturated carbocycles. The maximum Gasteiger partial charge on any atom is 0.137 e. The molecule has 4 heterocycles. The highest BCUT2D eigenvalue weighted by atomic mass is 16.5. The van der Waals surface area contributed by atoms with E-state index < -0.39 is 0 Å². The lowest BCUT2D eigenvalue weighted by molar-refractivity contribution is 0.415. The summed E-state index contributed by atoms with van der Waals surface area (Å²) in [6, 6.07) is 17.8. The summed E-state index contributed by atoms with van der Waals surface area (Å²) >= 11 is 0. The van der Waals surface area contributed by atoms with Crippen LogP contribution in [-0.4, -0.2) is 31.3 Å². The molecule has 0 spiro atoms. The quantitative estimate of drug-likeness (QED) is 0.472. The molecule has 5 rings (SSSR count). The van der Waals surface area contributed by atoms with Crippen molar-refractivity contribution in [3.05, 3.63) is 79.4 Å². The van der Waals surface area contributed by atoms with Crippen LogP contribution in [0.1, 0.15) is 0 Å². The van der Waals surface area contributed by atoms with Crippen LogP contribution in [0.3, 0.4) is 0 Å². The van der Waals surface area contributed by atoms with Crippen LogP contribution >= 0.6 is 0 Å². The molecular weight excluding hydrogens is 376 g/mol. The van der Waals surface area contributed by atoms with Crippen LogP contribution in [0.5, 0.6) is 5.75 Å². The highest BCUT2D eigenvalue weighted by molar-refractivity contribution is 5.70. The molecule has 7 nitrogen and oxygen atoms in total. The van der Waals surface area contributed by atoms with Gasteiger partial charge in [0.2, 0.25) is 0 Å². The molecule has 0 radical (unpaired) electrons. The van der Waals surface area contributed by atoms with E-state index in [0.717, 1.165) is 45.4 Å². The molecule has 4 aromatic heterocycles. The zero-order valence-corrected chi connectivity index (χ0v) is 16.6. The van der Waals surface area contributed by atoms with Crippen molar-refractivity contribution in [2.24, 2.45) is 7.05 Å². The first-order chi connectivity index (χ1) is 14.7. The summed E-state index contributed by atoms with van der Waals surface area (Å²) in [5.41, 5.74) is 5.72. The van der Waals surface area contributed by atoms with Crippen LogP contribution in [0.15, 0.2) is 79.4 Å². The monoisotopic (exact) mass is 396 g/mol. The highest BCUT2D eigenvalue weighted by Gasteiger charge is 2.10. The number of aryl methyl sites for hydroxylation is 1. The van der Waals surface area contributed by atoms with E-state index in [1.807, 2.05) is 78.7 Å². The van der Waals surface area contributed by atoms with Gasteiger partial charge < -0.3 is 10.1 Å². The molecule has 0 bridgehead atoms. The molecule has 0 fully saturated rings. The van der Waals surface area contributed by atoms with Gasteiger partial charge in [-0.2, -0.15) is 5.10 Å². The van der Waals surface area contributed by atoms with Gasteiger partial charge in [-0.1, -0.05) is 6.07 Å². The molecule has 0 amide bonds. The summed E-state index contributed by atoms with van der Waals surface area (Å²) in [6.07, 6.45) is 7.71. The van der Waals surface area contributed by atoms with Crippen molar-refractivity contribution in [1.29, 1.82) is 0 Å². The molecule has 1 aromatic carbocycles. The Labute approximate surface area is 173 Å². The summed E-state index contributed by atoms with van der Waals surface area (Å²) in [5, 5.41) is 7.58. The molecule has 7 heteroatoms. The van der Waals surface area contributed by atoms with Gasteiger partial charge in [0, 0.05) is 30.7 Å². The van der Waals surface area contributed by atoms with Crippen molar-refractivity contribution < 1.29 is 4.74 Å². The molecule has 0 atom stereocenters. The zero-order chi connectivity index (χ0) is 20.5. The summed E-state index contributed by atoms with van der Waals surface area (Å²) < 4.78 is 9.04. The Hall–Kier alpha value is -4.13. The fraction of sp³-hybridized carbons (Fsp3) is 0.0870. The predicted octanol–water partition coefficient (Wildman–Crippen LogP) is 4.55. The SMILES string of the molecule is COc1ccc(Nc2cccc(-c3cnc4cc(-c5cnn(C)c5)ccn34)n2)cc1. The van der Waals surface area contributed by atoms with Gasteiger partial charge >= 0.3 is 0 Å². The lowest BCUT2D eigenvalue weighted by Crippen LogP contribution is -1.96. The summed E-state index contributed by atoms with van der Waals surface area (Å²) in [7, 11) is 3.57. The number of fused-ring (bicyclic) bond motifs is 1. The lowest BCUT2D eigenvalue weighted by atomic mass is 10.1. The first kappa shape index (κ1) is 17.9. The molecule has 0 unspecified atom stereocenters. The van der Waals surface area contributed by atoms with Crippen LogP contribution < -0.4 is 10.1 Å². The van der Waals surface area contributed by atoms with Crippen LogP contribution in [0.2, 0.25) is 0 Å². The van der Waals surface area contributed by atoms with E-state index in [1.165, 1.54) is 0 Å². The van der Waals surface area contributed by atoms with Gasteiger partial charge in [0.1, 0.15) is 17.2 Å². The van der Waals surface area contributed by atoms with Crippen LogP contribution in [0.4, 0.5) is 11.5 Å². The molecule has 5 aromatic rings. The predicted molar refractivity (Wildman–Crippen MR) is 117 cm³/mol. The van der Waals surface area contributed by atoms with Crippen molar-refractivity contribution in [2.45, 2.75) is 0 Å². The number of benzene rings is 1. The van der Waals surface area contributed by atoms with E-state index in [4.69, 9.17) is 9.72 Å². The lowest BCUT2D eigenvalue weighted by Gasteiger charge is -2.08. The highest BCUT2D eigenvalue weighted by Crippen LogP contribution is 2.26. The van der Waals surface area contributed by atoms with E-state index >= 15 is 0 Å². The van der Waals surface area contributed by atoms with Crippen molar-refractivity contribution in [1.82, 2.24) is 24.1 Å². The first-order valence-corrected chi connectivity index (χ1v) is 9.54. The number of aromatic nitrogens is 5. The normalized spacial score (nSPS) is 11.0. The van der Waals surface area contributed by atoms with Gasteiger partial charge in [-0.15, -0.1) is 0 Å². The Bertz CT molecular complexity index is 1320. The number of imidazole rings is 1. The van der Waals surface area contributed by atoms with Gasteiger partial charge in [0.25, 0.3) is 0 Å². The number of pyridine rings is 2. The summed E-state index contributed by atoms with van der Waals surface area (Å²) in [6.45, 7) is 0. The minimum atomic E-state index is 0.764. The number of rotatable bonds is 5. The number of hydrogen-bond acceptors (Lipinski definition) is 5. The van der Waals surface area contributed by atoms with Gasteiger partial charge in [-0.3, -0.25) is 9.08 Å². The second-order valence-corrected chi connectivity index (χ2v) is 6.95. The molecular formula is C23H20N6O. The minimum absolute atomic E-state index is 0.764. The molecule has 0 aliphatic rings.